The van der Waals surface area contributed by atoms with E-state index in [2.05, 4.69) is 20.3 Å². The number of nitrogens with two attached hydrogens (primary N) is 1. The van der Waals surface area contributed by atoms with Crippen LogP contribution in [0.5, 0.6) is 0 Å². The Morgan fingerprint density at radius 1 is 0.917 bits per heavy atom. The zero-order chi connectivity index (χ0) is 16.8. The van der Waals surface area contributed by atoms with Crippen molar-refractivity contribution in [1.29, 1.82) is 0 Å². The van der Waals surface area contributed by atoms with E-state index in [9.17, 15) is 4.39 Å². The van der Waals surface area contributed by atoms with Crippen LogP contribution in [-0.4, -0.2) is 15.0 Å². The Morgan fingerprint density at radius 3 is 2.46 bits per heavy atom. The highest BCUT2D eigenvalue weighted by Crippen LogP contribution is 2.19. The summed E-state index contributed by atoms with van der Waals surface area (Å²) >= 11 is 1.52. The molecular formula is C17H16FN5S. The van der Waals surface area contributed by atoms with Gasteiger partial charge in [0, 0.05) is 11.4 Å². The molecule has 0 aliphatic heterocycles. The van der Waals surface area contributed by atoms with E-state index in [1.165, 1.54) is 17.8 Å². The Kier molecular flexibility index (Phi) is 5.22. The second-order valence-corrected chi connectivity index (χ2v) is 5.99. The number of thioether (sulfide) groups is 1. The predicted molar refractivity (Wildman–Crippen MR) is 95.4 cm³/mol. The molecule has 5 nitrogen and oxygen atoms in total. The molecule has 3 N–H and O–H groups in total. The summed E-state index contributed by atoms with van der Waals surface area (Å²) in [6, 6.07) is 16.3. The van der Waals surface area contributed by atoms with E-state index in [-0.39, 0.29) is 11.8 Å². The molecule has 0 amide bonds. The molecule has 0 radical (unpaired) electrons. The fourth-order valence-corrected chi connectivity index (χ4v) is 2.94. The largest absolute Gasteiger partial charge is 0.368 e. The maximum Gasteiger partial charge on any atom is 0.232 e. The third-order valence-corrected chi connectivity index (χ3v) is 4.15. The monoisotopic (exact) mass is 341 g/mol. The fourth-order valence-electron chi connectivity index (χ4n) is 2.08. The maximum absolute atomic E-state index is 13.6. The van der Waals surface area contributed by atoms with E-state index in [4.69, 9.17) is 5.73 Å². The topological polar surface area (TPSA) is 76.7 Å². The number of anilines is 3. The molecule has 0 bridgehead atoms. The summed E-state index contributed by atoms with van der Waals surface area (Å²) in [4.78, 5) is 12.6. The van der Waals surface area contributed by atoms with E-state index in [1.54, 1.807) is 12.1 Å². The first-order valence-electron chi connectivity index (χ1n) is 7.34. The highest BCUT2D eigenvalue weighted by Gasteiger charge is 2.07. The van der Waals surface area contributed by atoms with Crippen LogP contribution in [0.15, 0.2) is 54.6 Å². The van der Waals surface area contributed by atoms with Gasteiger partial charge in [-0.05, 0) is 23.8 Å². The van der Waals surface area contributed by atoms with E-state index < -0.39 is 0 Å². The first-order chi connectivity index (χ1) is 11.7. The fraction of sp³-hybridized carbons (Fsp3) is 0.118. The van der Waals surface area contributed by atoms with Crippen molar-refractivity contribution in [3.8, 4) is 0 Å². The molecule has 0 atom stereocenters. The number of aromatic nitrogens is 3. The smallest absolute Gasteiger partial charge is 0.232 e. The number of benzene rings is 2. The van der Waals surface area contributed by atoms with Gasteiger partial charge in [-0.25, -0.2) is 4.39 Å². The minimum Gasteiger partial charge on any atom is -0.368 e. The Morgan fingerprint density at radius 2 is 1.67 bits per heavy atom. The molecule has 0 aliphatic carbocycles. The van der Waals surface area contributed by atoms with Gasteiger partial charge in [-0.1, -0.05) is 36.4 Å². The number of halogens is 1. The van der Waals surface area contributed by atoms with Gasteiger partial charge in [0.2, 0.25) is 11.9 Å². The molecule has 0 saturated carbocycles. The molecule has 2 aromatic carbocycles. The van der Waals surface area contributed by atoms with Crippen molar-refractivity contribution >= 4 is 29.3 Å². The second kappa shape index (κ2) is 7.74. The molecule has 3 aromatic rings. The molecule has 24 heavy (non-hydrogen) atoms. The number of rotatable bonds is 6. The standard InChI is InChI=1S/C17H16FN5S/c18-14-9-5-4-6-12(14)10-24-11-15-21-16(19)23-17(22-15)20-13-7-2-1-3-8-13/h1-9H,10-11H2,(H3,19,20,21,22,23). The summed E-state index contributed by atoms with van der Waals surface area (Å²) in [5.41, 5.74) is 7.28. The molecule has 0 saturated heterocycles. The van der Waals surface area contributed by atoms with Crippen molar-refractivity contribution in [2.45, 2.75) is 11.5 Å². The average Bonchev–Trinajstić information content (AvgIpc) is 2.57. The molecule has 122 valence electrons. The lowest BCUT2D eigenvalue weighted by Crippen LogP contribution is -2.06. The predicted octanol–water partition coefficient (Wildman–Crippen LogP) is 3.77. The summed E-state index contributed by atoms with van der Waals surface area (Å²) in [5, 5.41) is 3.09. The molecule has 0 aliphatic rings. The van der Waals surface area contributed by atoms with Gasteiger partial charge in [-0.3, -0.25) is 0 Å². The molecule has 1 aromatic heterocycles. The minimum atomic E-state index is -0.202. The van der Waals surface area contributed by atoms with Crippen molar-refractivity contribution in [2.75, 3.05) is 11.1 Å². The number of para-hydroxylation sites is 1. The Bertz CT molecular complexity index is 813. The van der Waals surface area contributed by atoms with Crippen molar-refractivity contribution in [3.05, 3.63) is 71.8 Å². The van der Waals surface area contributed by atoms with Crippen LogP contribution in [0, 0.1) is 5.82 Å². The first kappa shape index (κ1) is 16.2. The Balaban J connectivity index is 1.64. The summed E-state index contributed by atoms with van der Waals surface area (Å²) in [6.07, 6.45) is 0. The minimum absolute atomic E-state index is 0.157. The van der Waals surface area contributed by atoms with E-state index >= 15 is 0 Å². The van der Waals surface area contributed by atoms with Gasteiger partial charge in [0.05, 0.1) is 5.75 Å². The molecular weight excluding hydrogens is 325 g/mol. The lowest BCUT2D eigenvalue weighted by atomic mass is 10.2. The number of nitrogens with one attached hydrogen (secondary N) is 1. The van der Waals surface area contributed by atoms with Crippen LogP contribution >= 0.6 is 11.8 Å². The van der Waals surface area contributed by atoms with Crippen LogP contribution in [0.3, 0.4) is 0 Å². The highest BCUT2D eigenvalue weighted by molar-refractivity contribution is 7.97. The quantitative estimate of drug-likeness (QED) is 0.711. The molecule has 0 fully saturated rings. The van der Waals surface area contributed by atoms with Gasteiger partial charge in [-0.2, -0.15) is 15.0 Å². The normalized spacial score (nSPS) is 10.5. The van der Waals surface area contributed by atoms with E-state index in [1.807, 2.05) is 36.4 Å². The number of nitrogen functional groups attached to an aromatic ring is 1. The lowest BCUT2D eigenvalue weighted by Gasteiger charge is -2.07. The summed E-state index contributed by atoms with van der Waals surface area (Å²) in [5.74, 6) is 1.97. The Labute approximate surface area is 143 Å². The zero-order valence-electron chi connectivity index (χ0n) is 12.8. The maximum atomic E-state index is 13.6. The van der Waals surface area contributed by atoms with Crippen LogP contribution < -0.4 is 11.1 Å². The lowest BCUT2D eigenvalue weighted by molar-refractivity contribution is 0.617. The van der Waals surface area contributed by atoms with E-state index in [0.29, 0.717) is 28.8 Å². The van der Waals surface area contributed by atoms with Gasteiger partial charge in [0.25, 0.3) is 0 Å². The summed E-state index contributed by atoms with van der Waals surface area (Å²) < 4.78 is 13.6. The number of hydrogen-bond acceptors (Lipinski definition) is 6. The molecule has 0 spiro atoms. The van der Waals surface area contributed by atoms with Gasteiger partial charge in [-0.15, -0.1) is 11.8 Å². The third kappa shape index (κ3) is 4.42. The third-order valence-electron chi connectivity index (χ3n) is 3.18. The van der Waals surface area contributed by atoms with Crippen LogP contribution in [0.1, 0.15) is 11.4 Å². The van der Waals surface area contributed by atoms with E-state index in [0.717, 1.165) is 5.69 Å². The SMILES string of the molecule is Nc1nc(CSCc2ccccc2F)nc(Nc2ccccc2)n1. The van der Waals surface area contributed by atoms with Gasteiger partial charge in [0.1, 0.15) is 11.6 Å². The zero-order valence-corrected chi connectivity index (χ0v) is 13.6. The van der Waals surface area contributed by atoms with Crippen LogP contribution in [0.25, 0.3) is 0 Å². The molecule has 1 heterocycles. The Hall–Kier alpha value is -2.67. The summed E-state index contributed by atoms with van der Waals surface area (Å²) in [7, 11) is 0. The van der Waals surface area contributed by atoms with Crippen molar-refractivity contribution in [1.82, 2.24) is 15.0 Å². The number of nitrogens with zero attached hydrogens (tertiary/aromatic N) is 3. The van der Waals surface area contributed by atoms with Gasteiger partial charge in [0.15, 0.2) is 0 Å². The van der Waals surface area contributed by atoms with Crippen LogP contribution in [0.2, 0.25) is 0 Å². The van der Waals surface area contributed by atoms with Gasteiger partial charge >= 0.3 is 0 Å². The van der Waals surface area contributed by atoms with Crippen molar-refractivity contribution in [3.63, 3.8) is 0 Å². The number of hydrogen-bond donors (Lipinski definition) is 2. The summed E-state index contributed by atoms with van der Waals surface area (Å²) in [6.45, 7) is 0. The highest BCUT2D eigenvalue weighted by atomic mass is 32.2. The van der Waals surface area contributed by atoms with Crippen LogP contribution in [-0.2, 0) is 11.5 Å². The molecule has 7 heteroatoms. The average molecular weight is 341 g/mol. The van der Waals surface area contributed by atoms with Crippen LogP contribution in [0.4, 0.5) is 22.0 Å². The molecule has 0 unspecified atom stereocenters. The first-order valence-corrected chi connectivity index (χ1v) is 8.50. The van der Waals surface area contributed by atoms with Crippen molar-refractivity contribution < 1.29 is 4.39 Å². The second-order valence-electron chi connectivity index (χ2n) is 5.01. The van der Waals surface area contributed by atoms with Gasteiger partial charge < -0.3 is 11.1 Å². The molecule has 3 rings (SSSR count). The van der Waals surface area contributed by atoms with Crippen molar-refractivity contribution in [2.24, 2.45) is 0 Å².